The van der Waals surface area contributed by atoms with E-state index in [4.69, 9.17) is 11.6 Å². The Kier molecular flexibility index (Phi) is 3.97. The van der Waals surface area contributed by atoms with Crippen LogP contribution in [0.5, 0.6) is 0 Å². The van der Waals surface area contributed by atoms with Gasteiger partial charge in [0.15, 0.2) is 5.52 Å². The molecule has 0 atom stereocenters. The van der Waals surface area contributed by atoms with Gasteiger partial charge in [-0.15, -0.1) is 0 Å². The van der Waals surface area contributed by atoms with Gasteiger partial charge in [-0.3, -0.25) is 14.3 Å². The van der Waals surface area contributed by atoms with Crippen molar-refractivity contribution in [3.05, 3.63) is 86.0 Å². The van der Waals surface area contributed by atoms with Crippen LogP contribution in [0, 0.1) is 0 Å². The molecule has 2 heterocycles. The fourth-order valence-electron chi connectivity index (χ4n) is 2.90. The van der Waals surface area contributed by atoms with Crippen LogP contribution in [0.25, 0.3) is 22.6 Å². The fraction of sp³-hybridized carbons (Fsp3) is 0.105. The molecule has 0 fully saturated rings. The van der Waals surface area contributed by atoms with Crippen molar-refractivity contribution in [3.8, 4) is 11.4 Å². The molecule has 0 unspecified atom stereocenters. The molecule has 0 radical (unpaired) electrons. The molecule has 0 aliphatic carbocycles. The van der Waals surface area contributed by atoms with Crippen LogP contribution in [-0.4, -0.2) is 19.1 Å². The van der Waals surface area contributed by atoms with E-state index in [-0.39, 0.29) is 5.52 Å². The number of hydrogen-bond acceptors (Lipinski definition) is 3. The molecule has 7 heteroatoms. The highest BCUT2D eigenvalue weighted by atomic mass is 35.5. The summed E-state index contributed by atoms with van der Waals surface area (Å²) in [5.74, 6) is 0.597. The van der Waals surface area contributed by atoms with Crippen molar-refractivity contribution in [1.29, 1.82) is 0 Å². The highest BCUT2D eigenvalue weighted by Gasteiger charge is 2.17. The zero-order valence-electron chi connectivity index (χ0n) is 13.9. The largest absolute Gasteiger partial charge is 0.329 e. The number of rotatable bonds is 3. The molecule has 0 aliphatic heterocycles. The summed E-state index contributed by atoms with van der Waals surface area (Å²) in [4.78, 5) is 31.9. The van der Waals surface area contributed by atoms with Gasteiger partial charge in [0.1, 0.15) is 11.5 Å². The molecule has 0 saturated heterocycles. The van der Waals surface area contributed by atoms with Gasteiger partial charge >= 0.3 is 5.69 Å². The Bertz CT molecular complexity index is 1200. The fourth-order valence-corrected chi connectivity index (χ4v) is 3.03. The topological polar surface area (TPSA) is 72.7 Å². The minimum atomic E-state index is -0.473. The summed E-state index contributed by atoms with van der Waals surface area (Å²) in [6.45, 7) is 0.471. The third-order valence-corrected chi connectivity index (χ3v) is 4.54. The average molecular weight is 367 g/mol. The highest BCUT2D eigenvalue weighted by Crippen LogP contribution is 2.24. The van der Waals surface area contributed by atoms with Crippen LogP contribution >= 0.6 is 11.6 Å². The zero-order chi connectivity index (χ0) is 18.3. The standard InChI is InChI=1S/C19H15ClN4O2/c1-23-18(25)15-17(22-19(23)26)24(11-12-5-3-2-4-6-12)16(21-15)13-7-9-14(20)10-8-13/h2-10H,11H2,1H3,(H,22,26). The van der Waals surface area contributed by atoms with Gasteiger partial charge in [-0.2, -0.15) is 0 Å². The Morgan fingerprint density at radius 1 is 1.04 bits per heavy atom. The van der Waals surface area contributed by atoms with Crippen molar-refractivity contribution in [1.82, 2.24) is 19.1 Å². The minimum Gasteiger partial charge on any atom is -0.305 e. The number of benzene rings is 2. The van der Waals surface area contributed by atoms with Crippen molar-refractivity contribution in [2.24, 2.45) is 7.05 Å². The maximum Gasteiger partial charge on any atom is 0.329 e. The Morgan fingerprint density at radius 2 is 1.73 bits per heavy atom. The molecule has 2 aromatic heterocycles. The first kappa shape index (κ1) is 16.4. The van der Waals surface area contributed by atoms with E-state index in [1.807, 2.05) is 47.0 Å². The predicted octanol–water partition coefficient (Wildman–Crippen LogP) is 2.79. The normalized spacial score (nSPS) is 11.2. The number of halogens is 1. The van der Waals surface area contributed by atoms with Gasteiger partial charge in [0, 0.05) is 17.6 Å². The van der Waals surface area contributed by atoms with Crippen LogP contribution in [0.1, 0.15) is 5.56 Å². The van der Waals surface area contributed by atoms with Gasteiger partial charge in [-0.1, -0.05) is 41.9 Å². The summed E-state index contributed by atoms with van der Waals surface area (Å²) in [5, 5.41) is 0.615. The van der Waals surface area contributed by atoms with E-state index in [2.05, 4.69) is 9.97 Å². The van der Waals surface area contributed by atoms with Crippen LogP contribution in [0.3, 0.4) is 0 Å². The number of nitrogens with zero attached hydrogens (tertiary/aromatic N) is 3. The van der Waals surface area contributed by atoms with Gasteiger partial charge in [-0.25, -0.2) is 9.78 Å². The molecule has 0 spiro atoms. The lowest BCUT2D eigenvalue weighted by Gasteiger charge is -2.09. The second-order valence-electron chi connectivity index (χ2n) is 6.01. The van der Waals surface area contributed by atoms with E-state index in [9.17, 15) is 9.59 Å². The first-order valence-electron chi connectivity index (χ1n) is 8.04. The monoisotopic (exact) mass is 366 g/mol. The van der Waals surface area contributed by atoms with Crippen LogP contribution in [-0.2, 0) is 13.6 Å². The van der Waals surface area contributed by atoms with Gasteiger partial charge in [0.25, 0.3) is 5.56 Å². The molecule has 0 amide bonds. The minimum absolute atomic E-state index is 0.230. The summed E-state index contributed by atoms with van der Waals surface area (Å²) in [7, 11) is 1.43. The molecule has 1 N–H and O–H groups in total. The Morgan fingerprint density at radius 3 is 2.42 bits per heavy atom. The van der Waals surface area contributed by atoms with E-state index in [0.29, 0.717) is 23.0 Å². The zero-order valence-corrected chi connectivity index (χ0v) is 14.7. The molecule has 4 rings (SSSR count). The van der Waals surface area contributed by atoms with Crippen molar-refractivity contribution in [2.45, 2.75) is 6.54 Å². The lowest BCUT2D eigenvalue weighted by Crippen LogP contribution is -2.32. The lowest BCUT2D eigenvalue weighted by molar-refractivity contribution is 0.772. The van der Waals surface area contributed by atoms with Crippen LogP contribution < -0.4 is 11.2 Å². The van der Waals surface area contributed by atoms with Crippen LogP contribution in [0.15, 0.2) is 64.2 Å². The van der Waals surface area contributed by atoms with E-state index in [1.54, 1.807) is 12.1 Å². The van der Waals surface area contributed by atoms with Gasteiger partial charge < -0.3 is 4.57 Å². The van der Waals surface area contributed by atoms with E-state index in [1.165, 1.54) is 7.05 Å². The van der Waals surface area contributed by atoms with Gasteiger partial charge in [0.05, 0.1) is 6.54 Å². The second-order valence-corrected chi connectivity index (χ2v) is 6.44. The van der Waals surface area contributed by atoms with Crippen LogP contribution in [0.2, 0.25) is 5.02 Å². The summed E-state index contributed by atoms with van der Waals surface area (Å²) >= 11 is 5.99. The molecule has 2 aromatic carbocycles. The smallest absolute Gasteiger partial charge is 0.305 e. The molecule has 26 heavy (non-hydrogen) atoms. The molecular formula is C19H15ClN4O2. The number of hydrogen-bond donors (Lipinski definition) is 1. The number of aromatic amines is 1. The predicted molar refractivity (Wildman–Crippen MR) is 102 cm³/mol. The summed E-state index contributed by atoms with van der Waals surface area (Å²) in [5.41, 5.74) is 1.58. The molecule has 6 nitrogen and oxygen atoms in total. The molecule has 4 aromatic rings. The van der Waals surface area contributed by atoms with Crippen molar-refractivity contribution in [3.63, 3.8) is 0 Å². The van der Waals surface area contributed by atoms with Gasteiger partial charge in [0.2, 0.25) is 0 Å². The number of aromatic nitrogens is 4. The van der Waals surface area contributed by atoms with Gasteiger partial charge in [-0.05, 0) is 29.8 Å². The SMILES string of the molecule is Cn1c(=O)[nH]c2c(nc(-c3ccc(Cl)cc3)n2Cc2ccccc2)c1=O. The third kappa shape index (κ3) is 2.74. The van der Waals surface area contributed by atoms with Crippen molar-refractivity contribution >= 4 is 22.8 Å². The number of H-pyrrole nitrogens is 1. The number of fused-ring (bicyclic) bond motifs is 1. The Labute approximate surface area is 153 Å². The quantitative estimate of drug-likeness (QED) is 0.606. The number of nitrogens with one attached hydrogen (secondary N) is 1. The molecule has 0 saturated carbocycles. The third-order valence-electron chi connectivity index (χ3n) is 4.29. The second kappa shape index (κ2) is 6.31. The first-order valence-corrected chi connectivity index (χ1v) is 8.42. The number of imidazole rings is 1. The molecule has 0 aliphatic rings. The Balaban J connectivity index is 2.01. The lowest BCUT2D eigenvalue weighted by atomic mass is 10.2. The summed E-state index contributed by atoms with van der Waals surface area (Å²) in [6, 6.07) is 17.0. The van der Waals surface area contributed by atoms with E-state index < -0.39 is 11.2 Å². The maximum atomic E-state index is 12.5. The summed E-state index contributed by atoms with van der Waals surface area (Å²) < 4.78 is 2.87. The first-order chi connectivity index (χ1) is 12.5. The average Bonchev–Trinajstić information content (AvgIpc) is 3.00. The maximum absolute atomic E-state index is 12.5. The molecular weight excluding hydrogens is 352 g/mol. The molecule has 0 bridgehead atoms. The molecule has 130 valence electrons. The van der Waals surface area contributed by atoms with E-state index >= 15 is 0 Å². The Hall–Kier alpha value is -3.12. The van der Waals surface area contributed by atoms with Crippen molar-refractivity contribution in [2.75, 3.05) is 0 Å². The van der Waals surface area contributed by atoms with E-state index in [0.717, 1.165) is 15.7 Å². The van der Waals surface area contributed by atoms with Crippen LogP contribution in [0.4, 0.5) is 0 Å². The van der Waals surface area contributed by atoms with Crippen molar-refractivity contribution < 1.29 is 0 Å². The highest BCUT2D eigenvalue weighted by molar-refractivity contribution is 6.30. The summed E-state index contributed by atoms with van der Waals surface area (Å²) in [6.07, 6.45) is 0.